The van der Waals surface area contributed by atoms with E-state index >= 15 is 0 Å². The molecule has 0 saturated heterocycles. The van der Waals surface area contributed by atoms with E-state index in [4.69, 9.17) is 21.1 Å². The van der Waals surface area contributed by atoms with Crippen LogP contribution in [0.15, 0.2) is 29.4 Å². The number of hydrogen-bond donors (Lipinski definition) is 3. The molecule has 1 rings (SSSR count). The lowest BCUT2D eigenvalue weighted by molar-refractivity contribution is 0.0529. The van der Waals surface area contributed by atoms with Gasteiger partial charge in [0.2, 0.25) is 0 Å². The number of rotatable bonds is 6. The van der Waals surface area contributed by atoms with Crippen LogP contribution in [-0.4, -0.2) is 30.7 Å². The molecule has 8 nitrogen and oxygen atoms in total. The largest absolute Gasteiger partial charge is 0.491 e. The summed E-state index contributed by atoms with van der Waals surface area (Å²) in [5, 5.41) is 3.78. The molecule has 0 spiro atoms. The van der Waals surface area contributed by atoms with Gasteiger partial charge in [0, 0.05) is 5.56 Å². The fraction of sp³-hybridized carbons (Fsp3) is 0.429. The lowest BCUT2D eigenvalue weighted by Gasteiger charge is -2.18. The first-order chi connectivity index (χ1) is 10.3. The van der Waals surface area contributed by atoms with Gasteiger partial charge in [-0.15, -0.1) is 0 Å². The highest BCUT2D eigenvalue weighted by Gasteiger charge is 2.15. The lowest BCUT2D eigenvalue weighted by atomic mass is 10.2. The Morgan fingerprint density at radius 2 is 1.86 bits per heavy atom. The smallest absolute Gasteiger partial charge is 0.428 e. The van der Waals surface area contributed by atoms with Gasteiger partial charge in [0.15, 0.2) is 5.84 Å². The highest BCUT2D eigenvalue weighted by Crippen LogP contribution is 2.12. The third-order valence-electron chi connectivity index (χ3n) is 2.29. The summed E-state index contributed by atoms with van der Waals surface area (Å²) in [6, 6.07) is 6.88. The van der Waals surface area contributed by atoms with Crippen molar-refractivity contribution in [2.75, 3.05) is 13.2 Å². The Kier molecular flexibility index (Phi) is 6.61. The summed E-state index contributed by atoms with van der Waals surface area (Å²) < 4.78 is 10.4. The van der Waals surface area contributed by atoms with Gasteiger partial charge in [0.25, 0.3) is 0 Å². The lowest BCUT2D eigenvalue weighted by Crippen LogP contribution is -2.31. The summed E-state index contributed by atoms with van der Waals surface area (Å²) in [6.07, 6.45) is -0.669. The van der Waals surface area contributed by atoms with Gasteiger partial charge in [-0.1, -0.05) is 0 Å². The molecule has 0 atom stereocenters. The van der Waals surface area contributed by atoms with E-state index in [0.717, 1.165) is 0 Å². The monoisotopic (exact) mass is 310 g/mol. The molecule has 0 aromatic heterocycles. The molecule has 0 aliphatic heterocycles. The SMILES string of the molecule is CC(C)(C)OC(=O)NN=C(N)c1ccc(OCCON)cc1. The Morgan fingerprint density at radius 1 is 1.23 bits per heavy atom. The number of hydrogen-bond acceptors (Lipinski definition) is 6. The van der Waals surface area contributed by atoms with Crippen molar-refractivity contribution in [3.05, 3.63) is 29.8 Å². The number of benzene rings is 1. The Labute approximate surface area is 129 Å². The second-order valence-corrected chi connectivity index (χ2v) is 5.35. The van der Waals surface area contributed by atoms with E-state index in [0.29, 0.717) is 24.5 Å². The molecule has 0 heterocycles. The van der Waals surface area contributed by atoms with Gasteiger partial charge in [-0.2, -0.15) is 5.10 Å². The van der Waals surface area contributed by atoms with Crippen LogP contribution in [-0.2, 0) is 9.57 Å². The van der Waals surface area contributed by atoms with Crippen LogP contribution in [0.5, 0.6) is 5.75 Å². The van der Waals surface area contributed by atoms with Crippen molar-refractivity contribution in [2.45, 2.75) is 26.4 Å². The maximum atomic E-state index is 11.5. The normalized spacial score (nSPS) is 11.9. The van der Waals surface area contributed by atoms with Crippen molar-refractivity contribution in [3.63, 3.8) is 0 Å². The second-order valence-electron chi connectivity index (χ2n) is 5.35. The molecule has 22 heavy (non-hydrogen) atoms. The van der Waals surface area contributed by atoms with Gasteiger partial charge in [0.1, 0.15) is 24.6 Å². The molecule has 8 heteroatoms. The predicted octanol–water partition coefficient (Wildman–Crippen LogP) is 1.10. The predicted molar refractivity (Wildman–Crippen MR) is 82.2 cm³/mol. The standard InChI is InChI=1S/C14H22N4O4/c1-14(2,3)22-13(19)18-17-12(15)10-4-6-11(7-5-10)20-8-9-21-16/h4-7H,8-9,16H2,1-3H3,(H2,15,17)(H,18,19). The molecule has 0 aliphatic carbocycles. The van der Waals surface area contributed by atoms with Gasteiger partial charge in [-0.05, 0) is 45.0 Å². The topological polar surface area (TPSA) is 121 Å². The van der Waals surface area contributed by atoms with Crippen molar-refractivity contribution in [2.24, 2.45) is 16.7 Å². The minimum atomic E-state index is -0.669. The van der Waals surface area contributed by atoms with E-state index in [1.165, 1.54) is 0 Å². The van der Waals surface area contributed by atoms with Crippen LogP contribution in [0, 0.1) is 0 Å². The van der Waals surface area contributed by atoms with E-state index in [1.807, 2.05) is 0 Å². The number of carbonyl (C=O) groups is 1. The van der Waals surface area contributed by atoms with Crippen LogP contribution in [0.2, 0.25) is 0 Å². The zero-order valence-electron chi connectivity index (χ0n) is 13.0. The molecular weight excluding hydrogens is 288 g/mol. The first-order valence-electron chi connectivity index (χ1n) is 6.69. The summed E-state index contributed by atoms with van der Waals surface area (Å²) in [5.41, 5.74) is 8.06. The minimum Gasteiger partial charge on any atom is -0.491 e. The van der Waals surface area contributed by atoms with Crippen molar-refractivity contribution in [1.29, 1.82) is 0 Å². The van der Waals surface area contributed by atoms with Gasteiger partial charge in [-0.3, -0.25) is 0 Å². The summed E-state index contributed by atoms with van der Waals surface area (Å²) in [5.74, 6) is 5.70. The Morgan fingerprint density at radius 3 is 2.41 bits per heavy atom. The van der Waals surface area contributed by atoms with Gasteiger partial charge >= 0.3 is 6.09 Å². The number of amides is 1. The quantitative estimate of drug-likeness (QED) is 0.313. The molecule has 0 bridgehead atoms. The zero-order chi connectivity index (χ0) is 16.6. The second kappa shape index (κ2) is 8.20. The molecule has 0 aliphatic rings. The molecule has 0 radical (unpaired) electrons. The highest BCUT2D eigenvalue weighted by molar-refractivity contribution is 5.97. The molecule has 0 saturated carbocycles. The van der Waals surface area contributed by atoms with E-state index in [9.17, 15) is 4.79 Å². The Balaban J connectivity index is 2.56. The average Bonchev–Trinajstić information content (AvgIpc) is 2.44. The van der Waals surface area contributed by atoms with Crippen molar-refractivity contribution in [3.8, 4) is 5.75 Å². The summed E-state index contributed by atoms with van der Waals surface area (Å²) in [4.78, 5) is 15.9. The Hall–Kier alpha value is -2.32. The Bertz CT molecular complexity index is 509. The van der Waals surface area contributed by atoms with Gasteiger partial charge in [-0.25, -0.2) is 16.1 Å². The molecule has 5 N–H and O–H groups in total. The first kappa shape index (κ1) is 17.7. The van der Waals surface area contributed by atoms with Crippen LogP contribution < -0.4 is 21.8 Å². The van der Waals surface area contributed by atoms with E-state index in [1.54, 1.807) is 45.0 Å². The number of carbonyl (C=O) groups excluding carboxylic acids is 1. The molecular formula is C14H22N4O4. The van der Waals surface area contributed by atoms with Crippen LogP contribution in [0.3, 0.4) is 0 Å². The maximum Gasteiger partial charge on any atom is 0.428 e. The maximum absolute atomic E-state index is 11.5. The number of amidine groups is 1. The third-order valence-corrected chi connectivity index (χ3v) is 2.29. The average molecular weight is 310 g/mol. The van der Waals surface area contributed by atoms with Gasteiger partial charge < -0.3 is 20.0 Å². The fourth-order valence-corrected chi connectivity index (χ4v) is 1.40. The van der Waals surface area contributed by atoms with Crippen LogP contribution in [0.1, 0.15) is 26.3 Å². The summed E-state index contributed by atoms with van der Waals surface area (Å²) >= 11 is 0. The van der Waals surface area contributed by atoms with Crippen LogP contribution in [0.4, 0.5) is 4.79 Å². The molecule has 1 amide bonds. The molecule has 122 valence electrons. The number of ether oxygens (including phenoxy) is 2. The van der Waals surface area contributed by atoms with E-state index in [2.05, 4.69) is 15.4 Å². The molecule has 1 aromatic carbocycles. The number of nitrogens with one attached hydrogen (secondary N) is 1. The zero-order valence-corrected chi connectivity index (χ0v) is 13.0. The molecule has 0 unspecified atom stereocenters. The molecule has 0 fully saturated rings. The highest BCUT2D eigenvalue weighted by atomic mass is 16.6. The van der Waals surface area contributed by atoms with Crippen LogP contribution >= 0.6 is 0 Å². The first-order valence-corrected chi connectivity index (χ1v) is 6.69. The minimum absolute atomic E-state index is 0.155. The van der Waals surface area contributed by atoms with Crippen molar-refractivity contribution in [1.82, 2.24) is 5.43 Å². The summed E-state index contributed by atoms with van der Waals surface area (Å²) in [6.45, 7) is 5.92. The fourth-order valence-electron chi connectivity index (χ4n) is 1.40. The van der Waals surface area contributed by atoms with Crippen molar-refractivity contribution < 1.29 is 19.1 Å². The number of nitrogens with two attached hydrogens (primary N) is 2. The third kappa shape index (κ3) is 6.91. The summed E-state index contributed by atoms with van der Waals surface area (Å²) in [7, 11) is 0. The van der Waals surface area contributed by atoms with Crippen LogP contribution in [0.25, 0.3) is 0 Å². The number of hydrazone groups is 1. The number of nitrogens with zero attached hydrogens (tertiary/aromatic N) is 1. The van der Waals surface area contributed by atoms with Gasteiger partial charge in [0.05, 0.1) is 0 Å². The van der Waals surface area contributed by atoms with E-state index < -0.39 is 11.7 Å². The van der Waals surface area contributed by atoms with Crippen molar-refractivity contribution >= 4 is 11.9 Å². The molecule has 1 aromatic rings. The van der Waals surface area contributed by atoms with E-state index in [-0.39, 0.29) is 5.84 Å².